The topological polar surface area (TPSA) is 20.2 Å². The Hall–Kier alpha value is -1.24. The van der Waals surface area contributed by atoms with Gasteiger partial charge < -0.3 is 5.11 Å². The second-order valence-electron chi connectivity index (χ2n) is 7.02. The van der Waals surface area contributed by atoms with E-state index in [1.165, 1.54) is 43.3 Å². The molecule has 4 atom stereocenters. The number of hydrogen-bond acceptors (Lipinski definition) is 1. The average Bonchev–Trinajstić information content (AvgIpc) is 2.94. The van der Waals surface area contributed by atoms with Gasteiger partial charge in [-0.05, 0) is 73.0 Å². The van der Waals surface area contributed by atoms with E-state index in [0.29, 0.717) is 17.6 Å². The Labute approximate surface area is 121 Å². The third-order valence-corrected chi connectivity index (χ3v) is 6.13. The molecular formula is C19H24O. The second kappa shape index (κ2) is 4.65. The molecule has 0 radical (unpaired) electrons. The highest BCUT2D eigenvalue weighted by atomic mass is 16.3. The van der Waals surface area contributed by atoms with Gasteiger partial charge in [0.2, 0.25) is 0 Å². The lowest BCUT2D eigenvalue weighted by Gasteiger charge is -2.49. The molecule has 0 bridgehead atoms. The number of fused-ring (bicyclic) bond motifs is 5. The van der Waals surface area contributed by atoms with Crippen molar-refractivity contribution in [2.75, 3.05) is 0 Å². The quantitative estimate of drug-likeness (QED) is 0.607. The molecule has 0 spiro atoms. The highest BCUT2D eigenvalue weighted by Gasteiger charge is 2.45. The van der Waals surface area contributed by atoms with Gasteiger partial charge in [-0.25, -0.2) is 0 Å². The van der Waals surface area contributed by atoms with Crippen LogP contribution in [0.15, 0.2) is 46.8 Å². The van der Waals surface area contributed by atoms with Gasteiger partial charge >= 0.3 is 0 Å². The van der Waals surface area contributed by atoms with E-state index in [1.54, 1.807) is 5.57 Å². The third kappa shape index (κ3) is 1.75. The molecule has 1 heteroatoms. The third-order valence-electron chi connectivity index (χ3n) is 6.13. The number of aliphatic hydroxyl groups is 1. The van der Waals surface area contributed by atoms with E-state index in [2.05, 4.69) is 24.3 Å². The van der Waals surface area contributed by atoms with Gasteiger partial charge in [0.05, 0.1) is 5.76 Å². The molecule has 0 saturated heterocycles. The standard InChI is InChI=1S/C19H24O/c1-12(20)18-11-19-14-8-4-5-13(14)9-10-17(19)15-6-2-3-7-16(15)18/h4-5,8-9,15-17,19-20H,2-3,6-7,10-11H2,1H3. The number of rotatable bonds is 0. The molecule has 2 fully saturated rings. The Morgan fingerprint density at radius 1 is 1.15 bits per heavy atom. The van der Waals surface area contributed by atoms with E-state index < -0.39 is 0 Å². The maximum Gasteiger partial charge on any atom is 0.0886 e. The Morgan fingerprint density at radius 2 is 2.00 bits per heavy atom. The van der Waals surface area contributed by atoms with Crippen LogP contribution in [0.25, 0.3) is 0 Å². The summed E-state index contributed by atoms with van der Waals surface area (Å²) in [7, 11) is 0. The fourth-order valence-corrected chi connectivity index (χ4v) is 5.27. The molecule has 0 aromatic carbocycles. The summed E-state index contributed by atoms with van der Waals surface area (Å²) in [4.78, 5) is 0. The molecular weight excluding hydrogens is 244 g/mol. The van der Waals surface area contributed by atoms with Crippen molar-refractivity contribution < 1.29 is 5.11 Å². The summed E-state index contributed by atoms with van der Waals surface area (Å²) in [5, 5.41) is 10.2. The first-order valence-corrected chi connectivity index (χ1v) is 8.23. The minimum atomic E-state index is 0.614. The molecule has 0 aromatic heterocycles. The van der Waals surface area contributed by atoms with Gasteiger partial charge in [-0.15, -0.1) is 0 Å². The van der Waals surface area contributed by atoms with Crippen molar-refractivity contribution in [3.63, 3.8) is 0 Å². The summed E-state index contributed by atoms with van der Waals surface area (Å²) in [5.41, 5.74) is 4.38. The molecule has 1 N–H and O–H groups in total. The first-order valence-electron chi connectivity index (χ1n) is 8.23. The highest BCUT2D eigenvalue weighted by molar-refractivity contribution is 5.52. The maximum absolute atomic E-state index is 10.2. The van der Waals surface area contributed by atoms with Crippen LogP contribution in [0.3, 0.4) is 0 Å². The summed E-state index contributed by atoms with van der Waals surface area (Å²) in [6, 6.07) is 0. The normalized spacial score (nSPS) is 41.2. The van der Waals surface area contributed by atoms with Gasteiger partial charge in [0.15, 0.2) is 0 Å². The zero-order chi connectivity index (χ0) is 13.7. The summed E-state index contributed by atoms with van der Waals surface area (Å²) in [5.74, 6) is 3.56. The molecule has 4 unspecified atom stereocenters. The Balaban J connectivity index is 1.75. The molecule has 4 rings (SSSR count). The fourth-order valence-electron chi connectivity index (χ4n) is 5.27. The summed E-state index contributed by atoms with van der Waals surface area (Å²) in [6.45, 7) is 1.90. The predicted molar refractivity (Wildman–Crippen MR) is 82.3 cm³/mol. The monoisotopic (exact) mass is 268 g/mol. The Bertz CT molecular complexity index is 542. The molecule has 20 heavy (non-hydrogen) atoms. The summed E-state index contributed by atoms with van der Waals surface area (Å²) in [6.07, 6.45) is 17.0. The average molecular weight is 268 g/mol. The van der Waals surface area contributed by atoms with Gasteiger partial charge in [-0.2, -0.15) is 0 Å². The van der Waals surface area contributed by atoms with Crippen LogP contribution in [-0.4, -0.2) is 5.11 Å². The van der Waals surface area contributed by atoms with Crippen LogP contribution in [-0.2, 0) is 0 Å². The van der Waals surface area contributed by atoms with Gasteiger partial charge in [0, 0.05) is 0 Å². The van der Waals surface area contributed by atoms with E-state index in [0.717, 1.165) is 18.3 Å². The fraction of sp³-hybridized carbons (Fsp3) is 0.579. The molecule has 0 heterocycles. The summed E-state index contributed by atoms with van der Waals surface area (Å²) >= 11 is 0. The number of hydrogen-bond donors (Lipinski definition) is 1. The molecule has 0 amide bonds. The minimum absolute atomic E-state index is 0.614. The molecule has 106 valence electrons. The van der Waals surface area contributed by atoms with Crippen molar-refractivity contribution in [3.8, 4) is 0 Å². The highest BCUT2D eigenvalue weighted by Crippen LogP contribution is 2.55. The van der Waals surface area contributed by atoms with Crippen LogP contribution >= 0.6 is 0 Å². The van der Waals surface area contributed by atoms with Gasteiger partial charge in [0.25, 0.3) is 0 Å². The van der Waals surface area contributed by atoms with Crippen LogP contribution in [0.1, 0.15) is 45.4 Å². The zero-order valence-electron chi connectivity index (χ0n) is 12.3. The van der Waals surface area contributed by atoms with Crippen LogP contribution in [0, 0.1) is 23.7 Å². The van der Waals surface area contributed by atoms with Crippen molar-refractivity contribution in [3.05, 3.63) is 46.8 Å². The largest absolute Gasteiger partial charge is 0.513 e. The van der Waals surface area contributed by atoms with E-state index in [-0.39, 0.29) is 0 Å². The predicted octanol–water partition coefficient (Wildman–Crippen LogP) is 5.09. The van der Waals surface area contributed by atoms with Crippen molar-refractivity contribution >= 4 is 0 Å². The van der Waals surface area contributed by atoms with Gasteiger partial charge in [-0.1, -0.05) is 37.1 Å². The molecule has 4 aliphatic carbocycles. The van der Waals surface area contributed by atoms with Gasteiger partial charge in [-0.3, -0.25) is 0 Å². The van der Waals surface area contributed by atoms with Crippen molar-refractivity contribution in [1.82, 2.24) is 0 Å². The maximum atomic E-state index is 10.2. The van der Waals surface area contributed by atoms with E-state index in [4.69, 9.17) is 0 Å². The van der Waals surface area contributed by atoms with Crippen LogP contribution in [0.2, 0.25) is 0 Å². The first kappa shape index (κ1) is 12.5. The van der Waals surface area contributed by atoms with Crippen molar-refractivity contribution in [2.45, 2.75) is 45.4 Å². The zero-order valence-corrected chi connectivity index (χ0v) is 12.3. The lowest BCUT2D eigenvalue weighted by molar-refractivity contribution is 0.104. The van der Waals surface area contributed by atoms with E-state index >= 15 is 0 Å². The molecule has 0 aliphatic heterocycles. The number of aliphatic hydroxyl groups excluding tert-OH is 1. The van der Waals surface area contributed by atoms with E-state index in [1.807, 2.05) is 6.92 Å². The molecule has 4 aliphatic rings. The second-order valence-corrected chi connectivity index (χ2v) is 7.02. The molecule has 1 nitrogen and oxygen atoms in total. The van der Waals surface area contributed by atoms with Crippen LogP contribution in [0.5, 0.6) is 0 Å². The van der Waals surface area contributed by atoms with Crippen LogP contribution in [0.4, 0.5) is 0 Å². The molecule has 2 saturated carbocycles. The SMILES string of the molecule is CC(O)=C1CC2C3=CC=CC3=CCC2C2CCCCC12. The lowest BCUT2D eigenvalue weighted by Crippen LogP contribution is -2.40. The Kier molecular flexibility index (Phi) is 2.90. The van der Waals surface area contributed by atoms with Crippen LogP contribution < -0.4 is 0 Å². The minimum Gasteiger partial charge on any atom is -0.513 e. The van der Waals surface area contributed by atoms with Crippen molar-refractivity contribution in [1.29, 1.82) is 0 Å². The summed E-state index contributed by atoms with van der Waals surface area (Å²) < 4.78 is 0. The molecule has 0 aromatic rings. The lowest BCUT2D eigenvalue weighted by atomic mass is 9.55. The van der Waals surface area contributed by atoms with Crippen molar-refractivity contribution in [2.24, 2.45) is 23.7 Å². The Morgan fingerprint density at radius 3 is 2.85 bits per heavy atom. The smallest absolute Gasteiger partial charge is 0.0886 e. The van der Waals surface area contributed by atoms with Gasteiger partial charge in [0.1, 0.15) is 0 Å². The number of allylic oxidation sites excluding steroid dienone is 8. The van der Waals surface area contributed by atoms with E-state index in [9.17, 15) is 5.11 Å². The first-order chi connectivity index (χ1) is 9.75.